The smallest absolute Gasteiger partial charge is 0.259 e. The first-order valence-electron chi connectivity index (χ1n) is 6.08. The standard InChI is InChI=1S/C16H12BrNO/c17-15-10-13-8-4-5-9-14(13)16(19)18(15)11-12-6-2-1-3-7-12/h1-10H,11H2. The number of benzene rings is 2. The van der Waals surface area contributed by atoms with Crippen LogP contribution in [0.2, 0.25) is 0 Å². The summed E-state index contributed by atoms with van der Waals surface area (Å²) in [6.45, 7) is 0.574. The Bertz CT molecular complexity index is 778. The number of hydrogen-bond donors (Lipinski definition) is 0. The molecule has 0 saturated heterocycles. The molecule has 0 radical (unpaired) electrons. The Balaban J connectivity index is 2.16. The van der Waals surface area contributed by atoms with E-state index in [-0.39, 0.29) is 5.56 Å². The second-order valence-corrected chi connectivity index (χ2v) is 5.24. The first-order chi connectivity index (χ1) is 9.25. The number of pyridine rings is 1. The van der Waals surface area contributed by atoms with Gasteiger partial charge in [-0.25, -0.2) is 0 Å². The molecule has 0 aliphatic rings. The van der Waals surface area contributed by atoms with Crippen molar-refractivity contribution in [2.24, 2.45) is 0 Å². The molecule has 2 nitrogen and oxygen atoms in total. The van der Waals surface area contributed by atoms with Gasteiger partial charge in [0.2, 0.25) is 0 Å². The van der Waals surface area contributed by atoms with Crippen LogP contribution < -0.4 is 5.56 Å². The van der Waals surface area contributed by atoms with Crippen molar-refractivity contribution >= 4 is 26.7 Å². The molecule has 3 aromatic rings. The SMILES string of the molecule is O=c1c2ccccc2cc(Br)n1Cc1ccccc1. The zero-order valence-electron chi connectivity index (χ0n) is 10.2. The molecule has 0 N–H and O–H groups in total. The van der Waals surface area contributed by atoms with Crippen LogP contribution in [0.3, 0.4) is 0 Å². The largest absolute Gasteiger partial charge is 0.298 e. The van der Waals surface area contributed by atoms with Gasteiger partial charge in [-0.15, -0.1) is 0 Å². The molecule has 2 aromatic carbocycles. The van der Waals surface area contributed by atoms with Crippen molar-refractivity contribution < 1.29 is 0 Å². The van der Waals surface area contributed by atoms with E-state index in [1.165, 1.54) is 0 Å². The lowest BCUT2D eigenvalue weighted by atomic mass is 10.1. The summed E-state index contributed by atoms with van der Waals surface area (Å²) in [7, 11) is 0. The predicted octanol–water partition coefficient (Wildman–Crippen LogP) is 3.81. The van der Waals surface area contributed by atoms with Crippen molar-refractivity contribution in [2.45, 2.75) is 6.54 Å². The molecule has 0 bridgehead atoms. The molecule has 3 heteroatoms. The topological polar surface area (TPSA) is 22.0 Å². The van der Waals surface area contributed by atoms with Crippen LogP contribution in [0.25, 0.3) is 10.8 Å². The Morgan fingerprint density at radius 2 is 1.63 bits per heavy atom. The van der Waals surface area contributed by atoms with E-state index < -0.39 is 0 Å². The monoisotopic (exact) mass is 313 g/mol. The average molecular weight is 314 g/mol. The van der Waals surface area contributed by atoms with E-state index >= 15 is 0 Å². The highest BCUT2D eigenvalue weighted by molar-refractivity contribution is 9.10. The minimum absolute atomic E-state index is 0.0360. The zero-order valence-corrected chi connectivity index (χ0v) is 11.8. The number of aromatic nitrogens is 1. The molecule has 0 unspecified atom stereocenters. The Labute approximate surface area is 119 Å². The van der Waals surface area contributed by atoms with Gasteiger partial charge in [-0.2, -0.15) is 0 Å². The van der Waals surface area contributed by atoms with E-state index in [2.05, 4.69) is 15.9 Å². The van der Waals surface area contributed by atoms with Crippen molar-refractivity contribution in [3.8, 4) is 0 Å². The van der Waals surface area contributed by atoms with E-state index in [0.717, 1.165) is 20.9 Å². The van der Waals surface area contributed by atoms with E-state index in [0.29, 0.717) is 6.54 Å². The third-order valence-electron chi connectivity index (χ3n) is 3.15. The van der Waals surface area contributed by atoms with Crippen LogP contribution in [0.15, 0.2) is 70.1 Å². The molecule has 0 aliphatic heterocycles. The van der Waals surface area contributed by atoms with Gasteiger partial charge in [0.05, 0.1) is 11.1 Å². The third kappa shape index (κ3) is 2.34. The van der Waals surface area contributed by atoms with Gasteiger partial charge in [0, 0.05) is 5.39 Å². The maximum atomic E-state index is 12.5. The fraction of sp³-hybridized carbons (Fsp3) is 0.0625. The van der Waals surface area contributed by atoms with Crippen LogP contribution in [0.5, 0.6) is 0 Å². The van der Waals surface area contributed by atoms with Crippen molar-refractivity contribution in [2.75, 3.05) is 0 Å². The van der Waals surface area contributed by atoms with Crippen LogP contribution in [0.4, 0.5) is 0 Å². The lowest BCUT2D eigenvalue weighted by Gasteiger charge is -2.10. The molecule has 1 aromatic heterocycles. The van der Waals surface area contributed by atoms with Crippen LogP contribution >= 0.6 is 15.9 Å². The van der Waals surface area contributed by atoms with E-state index in [1.807, 2.05) is 60.7 Å². The van der Waals surface area contributed by atoms with Crippen molar-refractivity contribution in [3.05, 3.63) is 81.2 Å². The van der Waals surface area contributed by atoms with Gasteiger partial charge >= 0.3 is 0 Å². The van der Waals surface area contributed by atoms with Crippen molar-refractivity contribution in [1.29, 1.82) is 0 Å². The highest BCUT2D eigenvalue weighted by Crippen LogP contribution is 2.17. The van der Waals surface area contributed by atoms with Gasteiger partial charge in [0.15, 0.2) is 0 Å². The summed E-state index contributed by atoms with van der Waals surface area (Å²) in [4.78, 5) is 12.5. The van der Waals surface area contributed by atoms with Gasteiger partial charge in [-0.05, 0) is 39.0 Å². The zero-order chi connectivity index (χ0) is 13.2. The predicted molar refractivity (Wildman–Crippen MR) is 81.5 cm³/mol. The highest BCUT2D eigenvalue weighted by atomic mass is 79.9. The highest BCUT2D eigenvalue weighted by Gasteiger charge is 2.07. The lowest BCUT2D eigenvalue weighted by molar-refractivity contribution is 0.748. The van der Waals surface area contributed by atoms with E-state index in [1.54, 1.807) is 4.57 Å². The number of halogens is 1. The molecule has 0 saturated carbocycles. The molecular weight excluding hydrogens is 302 g/mol. The molecule has 0 atom stereocenters. The fourth-order valence-corrected chi connectivity index (χ4v) is 2.71. The van der Waals surface area contributed by atoms with Crippen LogP contribution in [-0.2, 0) is 6.54 Å². The Kier molecular flexibility index (Phi) is 3.22. The summed E-state index contributed by atoms with van der Waals surface area (Å²) in [6.07, 6.45) is 0. The Morgan fingerprint density at radius 3 is 2.42 bits per heavy atom. The quantitative estimate of drug-likeness (QED) is 0.659. The van der Waals surface area contributed by atoms with Crippen LogP contribution in [0.1, 0.15) is 5.56 Å². The van der Waals surface area contributed by atoms with Gasteiger partial charge in [-0.3, -0.25) is 9.36 Å². The van der Waals surface area contributed by atoms with Crippen molar-refractivity contribution in [1.82, 2.24) is 4.57 Å². The third-order valence-corrected chi connectivity index (χ3v) is 3.81. The summed E-state index contributed by atoms with van der Waals surface area (Å²) in [5.74, 6) is 0. The maximum Gasteiger partial charge on any atom is 0.259 e. The summed E-state index contributed by atoms with van der Waals surface area (Å²) in [5.41, 5.74) is 1.15. The molecule has 0 aliphatic carbocycles. The minimum Gasteiger partial charge on any atom is -0.298 e. The molecule has 0 fully saturated rings. The summed E-state index contributed by atoms with van der Waals surface area (Å²) in [6, 6.07) is 19.6. The summed E-state index contributed by atoms with van der Waals surface area (Å²) < 4.78 is 2.55. The Hall–Kier alpha value is -1.87. The summed E-state index contributed by atoms with van der Waals surface area (Å²) in [5, 5.41) is 1.71. The molecule has 94 valence electrons. The van der Waals surface area contributed by atoms with E-state index in [4.69, 9.17) is 0 Å². The van der Waals surface area contributed by atoms with Gasteiger partial charge < -0.3 is 0 Å². The van der Waals surface area contributed by atoms with Gasteiger partial charge in [-0.1, -0.05) is 48.5 Å². The second kappa shape index (κ2) is 5.02. The van der Waals surface area contributed by atoms with Crippen LogP contribution in [-0.4, -0.2) is 4.57 Å². The van der Waals surface area contributed by atoms with E-state index in [9.17, 15) is 4.79 Å². The van der Waals surface area contributed by atoms with Gasteiger partial charge in [0.1, 0.15) is 0 Å². The Morgan fingerprint density at radius 1 is 0.947 bits per heavy atom. The molecule has 1 heterocycles. The fourth-order valence-electron chi connectivity index (χ4n) is 2.18. The molecule has 19 heavy (non-hydrogen) atoms. The normalized spacial score (nSPS) is 10.8. The van der Waals surface area contributed by atoms with Crippen LogP contribution in [0, 0.1) is 0 Å². The van der Waals surface area contributed by atoms with Crippen molar-refractivity contribution in [3.63, 3.8) is 0 Å². The average Bonchev–Trinajstić information content (AvgIpc) is 2.45. The minimum atomic E-state index is 0.0360. The lowest BCUT2D eigenvalue weighted by Crippen LogP contribution is -2.21. The number of rotatable bonds is 2. The second-order valence-electron chi connectivity index (χ2n) is 4.43. The number of nitrogens with zero attached hydrogens (tertiary/aromatic N) is 1. The number of fused-ring (bicyclic) bond motifs is 1. The van der Waals surface area contributed by atoms with Gasteiger partial charge in [0.25, 0.3) is 5.56 Å². The molecule has 3 rings (SSSR count). The maximum absolute atomic E-state index is 12.5. The molecule has 0 spiro atoms. The first kappa shape index (κ1) is 12.2. The first-order valence-corrected chi connectivity index (χ1v) is 6.87. The molecule has 0 amide bonds. The number of hydrogen-bond acceptors (Lipinski definition) is 1. The summed E-state index contributed by atoms with van der Waals surface area (Å²) >= 11 is 3.49. The molecular formula is C16H12BrNO.